The molecule has 1 aliphatic carbocycles. The second-order valence-electron chi connectivity index (χ2n) is 5.73. The lowest BCUT2D eigenvalue weighted by Gasteiger charge is -2.41. The van der Waals surface area contributed by atoms with Crippen molar-refractivity contribution >= 4 is 0 Å². The maximum absolute atomic E-state index is 6.14. The molecule has 112 valence electrons. The van der Waals surface area contributed by atoms with Crippen molar-refractivity contribution in [1.29, 1.82) is 0 Å². The molecule has 0 saturated heterocycles. The van der Waals surface area contributed by atoms with Crippen molar-refractivity contribution in [2.75, 3.05) is 20.2 Å². The van der Waals surface area contributed by atoms with Crippen molar-refractivity contribution in [2.24, 2.45) is 5.73 Å². The van der Waals surface area contributed by atoms with Gasteiger partial charge in [-0.25, -0.2) is 4.98 Å². The van der Waals surface area contributed by atoms with Crippen molar-refractivity contribution in [3.63, 3.8) is 0 Å². The molecule has 0 aliphatic heterocycles. The van der Waals surface area contributed by atoms with Gasteiger partial charge in [0.25, 0.3) is 0 Å². The van der Waals surface area contributed by atoms with Gasteiger partial charge in [0.15, 0.2) is 0 Å². The van der Waals surface area contributed by atoms with Crippen LogP contribution >= 0.6 is 0 Å². The molecule has 0 amide bonds. The Bertz CT molecular complexity index is 416. The molecule has 4 heteroatoms. The van der Waals surface area contributed by atoms with Crippen LogP contribution in [0.25, 0.3) is 0 Å². The van der Waals surface area contributed by atoms with E-state index in [-0.39, 0.29) is 5.54 Å². The molecule has 1 heterocycles. The lowest BCUT2D eigenvalue weighted by molar-refractivity contribution is 0.0892. The highest BCUT2D eigenvalue weighted by Gasteiger charge is 2.38. The van der Waals surface area contributed by atoms with E-state index in [1.807, 2.05) is 6.07 Å². The summed E-state index contributed by atoms with van der Waals surface area (Å²) in [7, 11) is 1.68. The Labute approximate surface area is 122 Å². The topological polar surface area (TPSA) is 51.4 Å². The molecule has 1 saturated carbocycles. The van der Waals surface area contributed by atoms with Gasteiger partial charge in [-0.05, 0) is 31.9 Å². The van der Waals surface area contributed by atoms with Crippen LogP contribution in [0.5, 0.6) is 5.88 Å². The predicted molar refractivity (Wildman–Crippen MR) is 81.7 cm³/mol. The Morgan fingerprint density at radius 1 is 1.40 bits per heavy atom. The van der Waals surface area contributed by atoms with Crippen molar-refractivity contribution in [2.45, 2.75) is 51.1 Å². The zero-order valence-electron chi connectivity index (χ0n) is 12.8. The van der Waals surface area contributed by atoms with Crippen LogP contribution in [0.15, 0.2) is 18.3 Å². The Morgan fingerprint density at radius 3 is 2.75 bits per heavy atom. The zero-order chi connectivity index (χ0) is 14.4. The minimum Gasteiger partial charge on any atom is -0.481 e. The molecule has 1 aliphatic rings. The SMILES string of the molecule is CCCN(Cc1cccnc1OC)C1(CN)CCCC1. The van der Waals surface area contributed by atoms with Crippen LogP contribution < -0.4 is 10.5 Å². The average Bonchev–Trinajstić information content (AvgIpc) is 2.97. The summed E-state index contributed by atoms with van der Waals surface area (Å²) in [5, 5.41) is 0. The molecule has 0 aromatic carbocycles. The van der Waals surface area contributed by atoms with Crippen molar-refractivity contribution in [1.82, 2.24) is 9.88 Å². The number of methoxy groups -OCH3 is 1. The first-order valence-electron chi connectivity index (χ1n) is 7.69. The summed E-state index contributed by atoms with van der Waals surface area (Å²) in [6.45, 7) is 4.93. The third-order valence-electron chi connectivity index (χ3n) is 4.48. The van der Waals surface area contributed by atoms with E-state index >= 15 is 0 Å². The highest BCUT2D eigenvalue weighted by atomic mass is 16.5. The second kappa shape index (κ2) is 7.04. The van der Waals surface area contributed by atoms with Crippen LogP contribution in [0.1, 0.15) is 44.6 Å². The van der Waals surface area contributed by atoms with E-state index in [9.17, 15) is 0 Å². The van der Waals surface area contributed by atoms with Crippen LogP contribution in [0, 0.1) is 0 Å². The Balaban J connectivity index is 2.20. The minimum absolute atomic E-state index is 0.177. The van der Waals surface area contributed by atoms with Gasteiger partial charge in [0.1, 0.15) is 0 Å². The maximum Gasteiger partial charge on any atom is 0.217 e. The average molecular weight is 277 g/mol. The van der Waals surface area contributed by atoms with Crippen molar-refractivity contribution in [3.05, 3.63) is 23.9 Å². The molecule has 2 N–H and O–H groups in total. The number of pyridine rings is 1. The van der Waals surface area contributed by atoms with E-state index < -0.39 is 0 Å². The minimum atomic E-state index is 0.177. The largest absolute Gasteiger partial charge is 0.481 e. The predicted octanol–water partition coefficient (Wildman–Crippen LogP) is 2.57. The molecule has 20 heavy (non-hydrogen) atoms. The van der Waals surface area contributed by atoms with Crippen LogP contribution in [-0.2, 0) is 6.54 Å². The van der Waals surface area contributed by atoms with Gasteiger partial charge < -0.3 is 10.5 Å². The fourth-order valence-electron chi connectivity index (χ4n) is 3.37. The molecular formula is C16H27N3O. The number of hydrogen-bond donors (Lipinski definition) is 1. The number of hydrogen-bond acceptors (Lipinski definition) is 4. The summed E-state index contributed by atoms with van der Waals surface area (Å²) in [6.07, 6.45) is 7.94. The molecule has 1 fully saturated rings. The zero-order valence-corrected chi connectivity index (χ0v) is 12.8. The van der Waals surface area contributed by atoms with Gasteiger partial charge in [0.05, 0.1) is 7.11 Å². The van der Waals surface area contributed by atoms with Gasteiger partial charge in [0, 0.05) is 30.4 Å². The summed E-state index contributed by atoms with van der Waals surface area (Å²) >= 11 is 0. The number of nitrogens with two attached hydrogens (primary N) is 1. The lowest BCUT2D eigenvalue weighted by atomic mass is 9.94. The van der Waals surface area contributed by atoms with E-state index in [2.05, 4.69) is 22.9 Å². The molecule has 2 rings (SSSR count). The van der Waals surface area contributed by atoms with E-state index in [0.29, 0.717) is 0 Å². The van der Waals surface area contributed by atoms with Gasteiger partial charge in [-0.15, -0.1) is 0 Å². The first-order valence-corrected chi connectivity index (χ1v) is 7.69. The first-order chi connectivity index (χ1) is 9.75. The van der Waals surface area contributed by atoms with Gasteiger partial charge in [-0.1, -0.05) is 25.8 Å². The summed E-state index contributed by atoms with van der Waals surface area (Å²) < 4.78 is 5.38. The van der Waals surface area contributed by atoms with Gasteiger partial charge >= 0.3 is 0 Å². The smallest absolute Gasteiger partial charge is 0.217 e. The van der Waals surface area contributed by atoms with Gasteiger partial charge in [-0.3, -0.25) is 4.90 Å². The molecule has 0 bridgehead atoms. The quantitative estimate of drug-likeness (QED) is 0.832. The van der Waals surface area contributed by atoms with E-state index in [1.165, 1.54) is 25.7 Å². The molecule has 0 unspecified atom stereocenters. The highest BCUT2D eigenvalue weighted by Crippen LogP contribution is 2.36. The molecule has 0 spiro atoms. The fraction of sp³-hybridized carbons (Fsp3) is 0.688. The number of nitrogens with zero attached hydrogens (tertiary/aromatic N) is 2. The molecule has 0 atom stereocenters. The fourth-order valence-corrected chi connectivity index (χ4v) is 3.37. The number of ether oxygens (including phenoxy) is 1. The van der Waals surface area contributed by atoms with E-state index in [0.717, 1.165) is 37.5 Å². The molecule has 0 radical (unpaired) electrons. The summed E-state index contributed by atoms with van der Waals surface area (Å²) in [5.41, 5.74) is 7.47. The van der Waals surface area contributed by atoms with Crippen LogP contribution in [0.4, 0.5) is 0 Å². The normalized spacial score (nSPS) is 17.6. The summed E-state index contributed by atoms with van der Waals surface area (Å²) in [6, 6.07) is 4.08. The monoisotopic (exact) mass is 277 g/mol. The lowest BCUT2D eigenvalue weighted by Crippen LogP contribution is -2.51. The Hall–Kier alpha value is -1.13. The van der Waals surface area contributed by atoms with Gasteiger partial charge in [0.2, 0.25) is 5.88 Å². The molecular weight excluding hydrogens is 250 g/mol. The van der Waals surface area contributed by atoms with Crippen LogP contribution in [-0.4, -0.2) is 35.6 Å². The second-order valence-corrected chi connectivity index (χ2v) is 5.73. The third-order valence-corrected chi connectivity index (χ3v) is 4.48. The molecule has 4 nitrogen and oxygen atoms in total. The van der Waals surface area contributed by atoms with Gasteiger partial charge in [-0.2, -0.15) is 0 Å². The maximum atomic E-state index is 6.14. The summed E-state index contributed by atoms with van der Waals surface area (Å²) in [4.78, 5) is 6.86. The van der Waals surface area contributed by atoms with E-state index in [1.54, 1.807) is 13.3 Å². The Kier molecular flexibility index (Phi) is 5.38. The third kappa shape index (κ3) is 3.13. The Morgan fingerprint density at radius 2 is 2.15 bits per heavy atom. The highest BCUT2D eigenvalue weighted by molar-refractivity contribution is 5.25. The number of rotatable bonds is 7. The van der Waals surface area contributed by atoms with Crippen molar-refractivity contribution in [3.8, 4) is 5.88 Å². The number of aromatic nitrogens is 1. The first kappa shape index (κ1) is 15.3. The van der Waals surface area contributed by atoms with Crippen molar-refractivity contribution < 1.29 is 4.74 Å². The van der Waals surface area contributed by atoms with Crippen LogP contribution in [0.2, 0.25) is 0 Å². The molecule has 1 aromatic heterocycles. The summed E-state index contributed by atoms with van der Waals surface area (Å²) in [5.74, 6) is 0.735. The van der Waals surface area contributed by atoms with E-state index in [4.69, 9.17) is 10.5 Å². The molecule has 1 aromatic rings. The van der Waals surface area contributed by atoms with Crippen LogP contribution in [0.3, 0.4) is 0 Å². The standard InChI is InChI=1S/C16H27N3O/c1-3-11-19(16(13-17)8-4-5-9-16)12-14-7-6-10-18-15(14)20-2/h6-7,10H,3-5,8-9,11-13,17H2,1-2H3.